The first-order chi connectivity index (χ1) is 7.74. The highest BCUT2D eigenvalue weighted by Crippen LogP contribution is 2.09. The summed E-state index contributed by atoms with van der Waals surface area (Å²) < 4.78 is 12.7. The van der Waals surface area contributed by atoms with Gasteiger partial charge in [0.25, 0.3) is 0 Å². The van der Waals surface area contributed by atoms with Crippen molar-refractivity contribution >= 4 is 0 Å². The largest absolute Gasteiger partial charge is 0.207 e. The van der Waals surface area contributed by atoms with Gasteiger partial charge in [-0.25, -0.2) is 4.39 Å². The van der Waals surface area contributed by atoms with E-state index in [4.69, 9.17) is 0 Å². The Bertz CT molecular complexity index is 394. The van der Waals surface area contributed by atoms with E-state index in [9.17, 15) is 4.39 Å². The lowest BCUT2D eigenvalue weighted by Gasteiger charge is -2.02. The molecule has 0 bridgehead atoms. The second kappa shape index (κ2) is 4.93. The number of aryl methyl sites for hydroxylation is 3. The molecule has 0 N–H and O–H groups in total. The molecule has 0 atom stereocenters. The Morgan fingerprint density at radius 3 is 1.69 bits per heavy atom. The van der Waals surface area contributed by atoms with Crippen LogP contribution in [0.3, 0.4) is 0 Å². The van der Waals surface area contributed by atoms with Crippen LogP contribution in [0, 0.1) is 12.7 Å². The molecule has 2 aromatic carbocycles. The summed E-state index contributed by atoms with van der Waals surface area (Å²) in [5, 5.41) is 0. The van der Waals surface area contributed by atoms with E-state index in [1.165, 1.54) is 28.8 Å². The van der Waals surface area contributed by atoms with Gasteiger partial charge >= 0.3 is 0 Å². The minimum atomic E-state index is -0.168. The van der Waals surface area contributed by atoms with Crippen LogP contribution in [0.15, 0.2) is 48.5 Å². The number of halogens is 1. The average molecular weight is 214 g/mol. The van der Waals surface area contributed by atoms with E-state index in [2.05, 4.69) is 31.2 Å². The Morgan fingerprint density at radius 1 is 0.750 bits per heavy atom. The second-order valence-electron chi connectivity index (χ2n) is 4.11. The van der Waals surface area contributed by atoms with Crippen molar-refractivity contribution < 1.29 is 4.39 Å². The molecule has 0 aliphatic heterocycles. The van der Waals surface area contributed by atoms with Crippen molar-refractivity contribution in [3.8, 4) is 0 Å². The smallest absolute Gasteiger partial charge is 0.123 e. The fourth-order valence-electron chi connectivity index (χ4n) is 1.69. The summed E-state index contributed by atoms with van der Waals surface area (Å²) in [6, 6.07) is 15.3. The number of hydrogen-bond acceptors (Lipinski definition) is 0. The average Bonchev–Trinajstić information content (AvgIpc) is 2.30. The van der Waals surface area contributed by atoms with Crippen LogP contribution in [0.25, 0.3) is 0 Å². The van der Waals surface area contributed by atoms with Crippen molar-refractivity contribution in [1.29, 1.82) is 0 Å². The van der Waals surface area contributed by atoms with Gasteiger partial charge in [0.15, 0.2) is 0 Å². The molecule has 0 unspecified atom stereocenters. The third kappa shape index (κ3) is 2.93. The Hall–Kier alpha value is -1.63. The molecular weight excluding hydrogens is 199 g/mol. The van der Waals surface area contributed by atoms with Crippen LogP contribution in [0.4, 0.5) is 4.39 Å². The van der Waals surface area contributed by atoms with Crippen molar-refractivity contribution in [3.63, 3.8) is 0 Å². The van der Waals surface area contributed by atoms with Crippen LogP contribution in [0.5, 0.6) is 0 Å². The molecule has 0 aromatic heterocycles. The van der Waals surface area contributed by atoms with Crippen molar-refractivity contribution in [1.82, 2.24) is 0 Å². The van der Waals surface area contributed by atoms with Crippen LogP contribution >= 0.6 is 0 Å². The Kier molecular flexibility index (Phi) is 3.35. The molecule has 1 heteroatoms. The van der Waals surface area contributed by atoms with Gasteiger partial charge in [0, 0.05) is 0 Å². The van der Waals surface area contributed by atoms with E-state index >= 15 is 0 Å². The van der Waals surface area contributed by atoms with Gasteiger partial charge < -0.3 is 0 Å². The first kappa shape index (κ1) is 10.9. The number of hydrogen-bond donors (Lipinski definition) is 0. The molecule has 0 saturated carbocycles. The fourth-order valence-corrected chi connectivity index (χ4v) is 1.69. The van der Waals surface area contributed by atoms with E-state index in [0.717, 1.165) is 12.8 Å². The molecule has 0 radical (unpaired) electrons. The highest BCUT2D eigenvalue weighted by molar-refractivity contribution is 5.23. The van der Waals surface area contributed by atoms with Crippen molar-refractivity contribution in [3.05, 3.63) is 71.0 Å². The van der Waals surface area contributed by atoms with Crippen LogP contribution in [-0.2, 0) is 12.8 Å². The van der Waals surface area contributed by atoms with Gasteiger partial charge in [-0.3, -0.25) is 0 Å². The molecule has 0 fully saturated rings. The van der Waals surface area contributed by atoms with Crippen LogP contribution in [-0.4, -0.2) is 0 Å². The Morgan fingerprint density at radius 2 is 1.19 bits per heavy atom. The molecule has 0 amide bonds. The quantitative estimate of drug-likeness (QED) is 0.726. The summed E-state index contributed by atoms with van der Waals surface area (Å²) in [4.78, 5) is 0. The normalized spacial score (nSPS) is 10.4. The predicted octanol–water partition coefficient (Wildman–Crippen LogP) is 3.92. The summed E-state index contributed by atoms with van der Waals surface area (Å²) in [6.07, 6.45) is 1.97. The van der Waals surface area contributed by atoms with Gasteiger partial charge in [-0.2, -0.15) is 0 Å². The lowest BCUT2D eigenvalue weighted by molar-refractivity contribution is 0.627. The topological polar surface area (TPSA) is 0 Å². The summed E-state index contributed by atoms with van der Waals surface area (Å²) in [6.45, 7) is 2.09. The Balaban J connectivity index is 1.97. The molecule has 0 aliphatic carbocycles. The maximum Gasteiger partial charge on any atom is 0.123 e. The first-order valence-corrected chi connectivity index (χ1v) is 5.54. The van der Waals surface area contributed by atoms with Gasteiger partial charge in [0.05, 0.1) is 0 Å². The van der Waals surface area contributed by atoms with Crippen molar-refractivity contribution in [2.24, 2.45) is 0 Å². The van der Waals surface area contributed by atoms with E-state index in [0.29, 0.717) is 0 Å². The van der Waals surface area contributed by atoms with Gasteiger partial charge in [-0.05, 0) is 43.0 Å². The van der Waals surface area contributed by atoms with E-state index < -0.39 is 0 Å². The molecule has 0 nitrogen and oxygen atoms in total. The minimum absolute atomic E-state index is 0.168. The zero-order valence-electron chi connectivity index (χ0n) is 9.41. The lowest BCUT2D eigenvalue weighted by atomic mass is 10.0. The summed E-state index contributed by atoms with van der Waals surface area (Å²) in [7, 11) is 0. The molecule has 2 rings (SSSR count). The van der Waals surface area contributed by atoms with Gasteiger partial charge in [-0.1, -0.05) is 42.0 Å². The maximum absolute atomic E-state index is 12.7. The van der Waals surface area contributed by atoms with Gasteiger partial charge in [0.1, 0.15) is 5.82 Å². The zero-order chi connectivity index (χ0) is 11.4. The number of benzene rings is 2. The first-order valence-electron chi connectivity index (χ1n) is 5.54. The van der Waals surface area contributed by atoms with E-state index in [1.807, 2.05) is 12.1 Å². The molecule has 82 valence electrons. The summed E-state index contributed by atoms with van der Waals surface area (Å²) in [5.41, 5.74) is 3.79. The standard InChI is InChI=1S/C15H15F/c1-12-2-4-13(5-3-12)6-7-14-8-10-15(16)11-9-14/h2-5,8-11H,6-7H2,1H3. The predicted molar refractivity (Wildman–Crippen MR) is 65.0 cm³/mol. The minimum Gasteiger partial charge on any atom is -0.207 e. The lowest BCUT2D eigenvalue weighted by Crippen LogP contribution is -1.91. The number of rotatable bonds is 3. The molecule has 16 heavy (non-hydrogen) atoms. The molecule has 0 spiro atoms. The molecule has 0 saturated heterocycles. The molecule has 2 aromatic rings. The molecular formula is C15H15F. The zero-order valence-corrected chi connectivity index (χ0v) is 9.41. The third-order valence-corrected chi connectivity index (χ3v) is 2.74. The SMILES string of the molecule is Cc1ccc(CCc2ccc(F)cc2)cc1. The molecule has 0 aliphatic rings. The summed E-state index contributed by atoms with van der Waals surface area (Å²) in [5.74, 6) is -0.168. The van der Waals surface area contributed by atoms with Crippen LogP contribution < -0.4 is 0 Å². The summed E-state index contributed by atoms with van der Waals surface area (Å²) >= 11 is 0. The van der Waals surface area contributed by atoms with Crippen molar-refractivity contribution in [2.75, 3.05) is 0 Å². The van der Waals surface area contributed by atoms with E-state index in [1.54, 1.807) is 0 Å². The van der Waals surface area contributed by atoms with E-state index in [-0.39, 0.29) is 5.82 Å². The molecule has 0 heterocycles. The van der Waals surface area contributed by atoms with Crippen LogP contribution in [0.2, 0.25) is 0 Å². The highest BCUT2D eigenvalue weighted by atomic mass is 19.1. The Labute approximate surface area is 95.7 Å². The fraction of sp³-hybridized carbons (Fsp3) is 0.200. The monoisotopic (exact) mass is 214 g/mol. The third-order valence-electron chi connectivity index (χ3n) is 2.74. The van der Waals surface area contributed by atoms with Gasteiger partial charge in [-0.15, -0.1) is 0 Å². The van der Waals surface area contributed by atoms with Gasteiger partial charge in [0.2, 0.25) is 0 Å². The van der Waals surface area contributed by atoms with Crippen LogP contribution in [0.1, 0.15) is 16.7 Å². The maximum atomic E-state index is 12.7. The highest BCUT2D eigenvalue weighted by Gasteiger charge is 1.96. The van der Waals surface area contributed by atoms with Crippen molar-refractivity contribution in [2.45, 2.75) is 19.8 Å². The second-order valence-corrected chi connectivity index (χ2v) is 4.11.